The number of para-hydroxylation sites is 1. The Morgan fingerprint density at radius 3 is 2.58 bits per heavy atom. The molecule has 2 atom stereocenters. The minimum Gasteiger partial charge on any atom is -0.497 e. The van der Waals surface area contributed by atoms with Crippen LogP contribution in [0.25, 0.3) is 21.9 Å². The molecule has 1 heterocycles. The van der Waals surface area contributed by atoms with Gasteiger partial charge in [-0.05, 0) is 31.2 Å². The molecule has 160 valence electrons. The lowest BCUT2D eigenvalue weighted by Crippen LogP contribution is -3.12. The molecule has 1 amide bonds. The van der Waals surface area contributed by atoms with Crippen LogP contribution in [0.2, 0.25) is 0 Å². The van der Waals surface area contributed by atoms with Crippen molar-refractivity contribution in [1.29, 1.82) is 0 Å². The Morgan fingerprint density at radius 2 is 1.81 bits per heavy atom. The monoisotopic (exact) mass is 419 g/mol. The molecule has 0 bridgehead atoms. The summed E-state index contributed by atoms with van der Waals surface area (Å²) in [5, 5.41) is 4.99. The average Bonchev–Trinajstić information content (AvgIpc) is 3.15. The lowest BCUT2D eigenvalue weighted by molar-refractivity contribution is -0.907. The highest BCUT2D eigenvalue weighted by Gasteiger charge is 2.24. The molecule has 0 saturated heterocycles. The highest BCUT2D eigenvalue weighted by Crippen LogP contribution is 2.36. The fourth-order valence-corrected chi connectivity index (χ4v) is 3.74. The SMILES string of the molecule is COc1cccc(C[NH+](C)[C@@H](C)C(=O)Nc2cc3oc4ccccc4c3cc2OC)c1. The largest absolute Gasteiger partial charge is 0.497 e. The van der Waals surface area contributed by atoms with E-state index in [-0.39, 0.29) is 11.9 Å². The van der Waals surface area contributed by atoms with Crippen LogP contribution in [0, 0.1) is 0 Å². The summed E-state index contributed by atoms with van der Waals surface area (Å²) < 4.78 is 16.8. The Hall–Kier alpha value is -3.51. The van der Waals surface area contributed by atoms with Crippen LogP contribution in [0.15, 0.2) is 65.1 Å². The number of nitrogens with one attached hydrogen (secondary N) is 2. The van der Waals surface area contributed by atoms with Crippen molar-refractivity contribution < 1.29 is 23.6 Å². The molecule has 0 aliphatic carbocycles. The summed E-state index contributed by atoms with van der Waals surface area (Å²) in [5.74, 6) is 1.32. The van der Waals surface area contributed by atoms with Crippen molar-refractivity contribution in [2.45, 2.75) is 19.5 Å². The number of furan rings is 1. The summed E-state index contributed by atoms with van der Waals surface area (Å²) in [4.78, 5) is 14.1. The zero-order chi connectivity index (χ0) is 22.0. The first kappa shape index (κ1) is 20.8. The molecule has 4 rings (SSSR count). The summed E-state index contributed by atoms with van der Waals surface area (Å²) >= 11 is 0. The van der Waals surface area contributed by atoms with Gasteiger partial charge in [-0.1, -0.05) is 30.3 Å². The number of amides is 1. The van der Waals surface area contributed by atoms with E-state index < -0.39 is 0 Å². The molecule has 1 unspecified atom stereocenters. The summed E-state index contributed by atoms with van der Waals surface area (Å²) in [6.07, 6.45) is 0. The minimum absolute atomic E-state index is 0.0887. The van der Waals surface area contributed by atoms with Crippen molar-refractivity contribution in [1.82, 2.24) is 0 Å². The van der Waals surface area contributed by atoms with Gasteiger partial charge in [0.2, 0.25) is 0 Å². The standard InChI is InChI=1S/C25H26N2O4/c1-16(27(2)15-17-8-7-9-18(12-17)29-3)25(28)26-21-14-23-20(13-24(21)30-4)19-10-5-6-11-22(19)31-23/h5-14,16H,15H2,1-4H3,(H,26,28)/p+1/t16-/m0/s1. The molecule has 1 aromatic heterocycles. The Bertz CT molecular complexity index is 1230. The molecule has 0 spiro atoms. The topological polar surface area (TPSA) is 65.1 Å². The van der Waals surface area contributed by atoms with Crippen molar-refractivity contribution in [3.63, 3.8) is 0 Å². The lowest BCUT2D eigenvalue weighted by atomic mass is 10.1. The molecular formula is C25H27N2O4+. The molecule has 6 nitrogen and oxygen atoms in total. The zero-order valence-corrected chi connectivity index (χ0v) is 18.2. The van der Waals surface area contributed by atoms with Crippen molar-refractivity contribution in [3.8, 4) is 11.5 Å². The number of benzene rings is 3. The number of carbonyl (C=O) groups excluding carboxylic acids is 1. The predicted octanol–water partition coefficient (Wildman–Crippen LogP) is 3.65. The molecule has 0 aliphatic heterocycles. The first-order valence-corrected chi connectivity index (χ1v) is 10.3. The summed E-state index contributed by atoms with van der Waals surface area (Å²) in [5.41, 5.74) is 3.22. The Morgan fingerprint density at radius 1 is 1.00 bits per heavy atom. The van der Waals surface area contributed by atoms with Gasteiger partial charge >= 0.3 is 0 Å². The van der Waals surface area contributed by atoms with E-state index in [1.54, 1.807) is 14.2 Å². The first-order valence-electron chi connectivity index (χ1n) is 10.3. The predicted molar refractivity (Wildman–Crippen MR) is 122 cm³/mol. The number of likely N-dealkylation sites (N-methyl/N-ethyl adjacent to an activating group) is 1. The smallest absolute Gasteiger partial charge is 0.282 e. The third-order valence-corrected chi connectivity index (χ3v) is 5.71. The van der Waals surface area contributed by atoms with Crippen molar-refractivity contribution >= 4 is 33.5 Å². The van der Waals surface area contributed by atoms with E-state index in [4.69, 9.17) is 13.9 Å². The molecule has 2 N–H and O–H groups in total. The maximum absolute atomic E-state index is 13.0. The van der Waals surface area contributed by atoms with Crippen LogP contribution in [0.4, 0.5) is 5.69 Å². The highest BCUT2D eigenvalue weighted by atomic mass is 16.5. The molecular weight excluding hydrogens is 392 g/mol. The van der Waals surface area contributed by atoms with E-state index in [1.165, 1.54) is 0 Å². The van der Waals surface area contributed by atoms with Gasteiger partial charge in [0.05, 0.1) is 27.0 Å². The van der Waals surface area contributed by atoms with Gasteiger partial charge in [0.1, 0.15) is 29.2 Å². The van der Waals surface area contributed by atoms with Crippen LogP contribution in [0.1, 0.15) is 12.5 Å². The van der Waals surface area contributed by atoms with E-state index in [1.807, 2.05) is 74.6 Å². The highest BCUT2D eigenvalue weighted by molar-refractivity contribution is 6.08. The Labute approximate surface area is 181 Å². The van der Waals surface area contributed by atoms with E-state index in [0.29, 0.717) is 23.6 Å². The number of hydrogen-bond donors (Lipinski definition) is 2. The quantitative estimate of drug-likeness (QED) is 0.480. The lowest BCUT2D eigenvalue weighted by Gasteiger charge is -2.22. The minimum atomic E-state index is -0.276. The third-order valence-electron chi connectivity index (χ3n) is 5.71. The number of quaternary nitrogens is 1. The van der Waals surface area contributed by atoms with Crippen LogP contribution in [-0.4, -0.2) is 33.2 Å². The van der Waals surface area contributed by atoms with Crippen molar-refractivity contribution in [2.24, 2.45) is 0 Å². The van der Waals surface area contributed by atoms with Crippen molar-refractivity contribution in [3.05, 3.63) is 66.2 Å². The van der Waals surface area contributed by atoms with Gasteiger partial charge in [-0.2, -0.15) is 0 Å². The van der Waals surface area contributed by atoms with Crippen LogP contribution in [0.3, 0.4) is 0 Å². The average molecular weight is 420 g/mol. The molecule has 6 heteroatoms. The second kappa shape index (κ2) is 8.70. The fraction of sp³-hybridized carbons (Fsp3) is 0.240. The molecule has 3 aromatic carbocycles. The maximum atomic E-state index is 13.0. The Balaban J connectivity index is 1.54. The zero-order valence-electron chi connectivity index (χ0n) is 18.2. The third kappa shape index (κ3) is 4.20. The number of hydrogen-bond acceptors (Lipinski definition) is 4. The fourth-order valence-electron chi connectivity index (χ4n) is 3.74. The number of fused-ring (bicyclic) bond motifs is 3. The van der Waals surface area contributed by atoms with Crippen LogP contribution < -0.4 is 19.7 Å². The summed E-state index contributed by atoms with van der Waals surface area (Å²) in [6.45, 7) is 2.61. The number of anilines is 1. The molecule has 4 aromatic rings. The van der Waals surface area contributed by atoms with Gasteiger partial charge in [0, 0.05) is 22.4 Å². The van der Waals surface area contributed by atoms with E-state index in [9.17, 15) is 4.79 Å². The molecule has 0 radical (unpaired) electrons. The van der Waals surface area contributed by atoms with Gasteiger partial charge in [-0.15, -0.1) is 0 Å². The second-order valence-corrected chi connectivity index (χ2v) is 7.73. The van der Waals surface area contributed by atoms with Gasteiger partial charge in [-0.3, -0.25) is 4.79 Å². The van der Waals surface area contributed by atoms with Gasteiger partial charge in [0.15, 0.2) is 6.04 Å². The summed E-state index contributed by atoms with van der Waals surface area (Å²) in [7, 11) is 5.25. The number of rotatable bonds is 7. The van der Waals surface area contributed by atoms with Crippen molar-refractivity contribution in [2.75, 3.05) is 26.6 Å². The molecule has 0 aliphatic rings. The molecule has 0 fully saturated rings. The van der Waals surface area contributed by atoms with Gasteiger partial charge in [0.25, 0.3) is 5.91 Å². The number of ether oxygens (including phenoxy) is 2. The van der Waals surface area contributed by atoms with E-state index in [0.717, 1.165) is 32.6 Å². The first-order chi connectivity index (χ1) is 15.0. The van der Waals surface area contributed by atoms with Crippen LogP contribution in [-0.2, 0) is 11.3 Å². The second-order valence-electron chi connectivity index (χ2n) is 7.73. The summed E-state index contributed by atoms with van der Waals surface area (Å²) in [6, 6.07) is 19.2. The van der Waals surface area contributed by atoms with Gasteiger partial charge < -0.3 is 24.1 Å². The number of carbonyl (C=O) groups is 1. The van der Waals surface area contributed by atoms with Crippen LogP contribution >= 0.6 is 0 Å². The number of methoxy groups -OCH3 is 2. The molecule has 31 heavy (non-hydrogen) atoms. The Kier molecular flexibility index (Phi) is 5.82. The van der Waals surface area contributed by atoms with E-state index >= 15 is 0 Å². The van der Waals surface area contributed by atoms with Crippen LogP contribution in [0.5, 0.6) is 11.5 Å². The van der Waals surface area contributed by atoms with E-state index in [2.05, 4.69) is 5.32 Å². The maximum Gasteiger partial charge on any atom is 0.282 e. The molecule has 0 saturated carbocycles. The van der Waals surface area contributed by atoms with Gasteiger partial charge in [-0.25, -0.2) is 0 Å². The normalized spacial score (nSPS) is 13.2.